The molecule has 0 radical (unpaired) electrons. The molecule has 0 saturated carbocycles. The third kappa shape index (κ3) is 4.99. The Bertz CT molecular complexity index is 777. The third-order valence-electron chi connectivity index (χ3n) is 4.31. The number of urea groups is 1. The van der Waals surface area contributed by atoms with Gasteiger partial charge in [-0.25, -0.2) is 4.79 Å². The fourth-order valence-electron chi connectivity index (χ4n) is 3.04. The summed E-state index contributed by atoms with van der Waals surface area (Å²) >= 11 is 0. The molecule has 6 nitrogen and oxygen atoms in total. The van der Waals surface area contributed by atoms with E-state index in [4.69, 9.17) is 9.84 Å². The van der Waals surface area contributed by atoms with Gasteiger partial charge in [-0.15, -0.1) is 0 Å². The number of amides is 2. The van der Waals surface area contributed by atoms with Crippen LogP contribution in [-0.2, 0) is 17.6 Å². The molecule has 1 heterocycles. The van der Waals surface area contributed by atoms with Crippen molar-refractivity contribution in [2.24, 2.45) is 0 Å². The van der Waals surface area contributed by atoms with Crippen LogP contribution < -0.4 is 15.4 Å². The van der Waals surface area contributed by atoms with Gasteiger partial charge in [0, 0.05) is 24.6 Å². The smallest absolute Gasteiger partial charge is 0.319 e. The van der Waals surface area contributed by atoms with Crippen molar-refractivity contribution in [2.45, 2.75) is 31.7 Å². The number of anilines is 1. The van der Waals surface area contributed by atoms with Gasteiger partial charge in [0.15, 0.2) is 0 Å². The molecule has 2 aromatic rings. The van der Waals surface area contributed by atoms with Gasteiger partial charge < -0.3 is 20.5 Å². The minimum atomic E-state index is -0.871. The zero-order valence-corrected chi connectivity index (χ0v) is 14.4. The van der Waals surface area contributed by atoms with Gasteiger partial charge in [0.2, 0.25) is 0 Å². The van der Waals surface area contributed by atoms with E-state index in [9.17, 15) is 9.59 Å². The van der Waals surface area contributed by atoms with Gasteiger partial charge >= 0.3 is 12.0 Å². The molecule has 3 N–H and O–H groups in total. The molecule has 0 spiro atoms. The lowest BCUT2D eigenvalue weighted by Crippen LogP contribution is -2.39. The first-order valence-electron chi connectivity index (χ1n) is 8.69. The zero-order chi connectivity index (χ0) is 18.4. The number of hydrogen-bond acceptors (Lipinski definition) is 3. The molecule has 1 unspecified atom stereocenters. The molecular weight excluding hydrogens is 332 g/mol. The monoisotopic (exact) mass is 354 g/mol. The van der Waals surface area contributed by atoms with Crippen molar-refractivity contribution in [2.75, 3.05) is 11.9 Å². The first-order valence-corrected chi connectivity index (χ1v) is 8.69. The van der Waals surface area contributed by atoms with Crippen molar-refractivity contribution in [3.63, 3.8) is 0 Å². The number of carbonyl (C=O) groups is 2. The lowest BCUT2D eigenvalue weighted by Gasteiger charge is -2.19. The Hall–Kier alpha value is -3.02. The molecule has 1 aliphatic rings. The van der Waals surface area contributed by atoms with Gasteiger partial charge in [0.25, 0.3) is 0 Å². The molecule has 6 heteroatoms. The van der Waals surface area contributed by atoms with Crippen molar-refractivity contribution in [3.05, 3.63) is 59.7 Å². The van der Waals surface area contributed by atoms with Crippen LogP contribution in [0.15, 0.2) is 48.5 Å². The minimum absolute atomic E-state index is 0.00790. The first kappa shape index (κ1) is 17.8. The topological polar surface area (TPSA) is 87.7 Å². The maximum Gasteiger partial charge on any atom is 0.319 e. The molecule has 2 aromatic carbocycles. The van der Waals surface area contributed by atoms with E-state index in [0.29, 0.717) is 25.1 Å². The van der Waals surface area contributed by atoms with E-state index in [-0.39, 0.29) is 18.5 Å². The molecule has 0 bridgehead atoms. The maximum atomic E-state index is 12.4. The normalized spacial score (nSPS) is 13.4. The van der Waals surface area contributed by atoms with Crippen molar-refractivity contribution in [3.8, 4) is 5.75 Å². The van der Waals surface area contributed by atoms with E-state index in [0.717, 1.165) is 23.3 Å². The third-order valence-corrected chi connectivity index (χ3v) is 4.31. The maximum absolute atomic E-state index is 12.4. The molecule has 0 aromatic heterocycles. The van der Waals surface area contributed by atoms with E-state index in [2.05, 4.69) is 10.6 Å². The molecular formula is C20H22N2O4. The molecule has 0 saturated heterocycles. The molecule has 1 aliphatic heterocycles. The predicted molar refractivity (Wildman–Crippen MR) is 98.6 cm³/mol. The molecule has 3 rings (SSSR count). The van der Waals surface area contributed by atoms with Crippen molar-refractivity contribution in [1.29, 1.82) is 0 Å². The highest BCUT2D eigenvalue weighted by molar-refractivity contribution is 5.89. The Morgan fingerprint density at radius 2 is 1.96 bits per heavy atom. The van der Waals surface area contributed by atoms with Crippen molar-refractivity contribution in [1.82, 2.24) is 5.32 Å². The van der Waals surface area contributed by atoms with Crippen molar-refractivity contribution < 1.29 is 19.4 Å². The summed E-state index contributed by atoms with van der Waals surface area (Å²) in [6.07, 6.45) is 1.80. The zero-order valence-electron chi connectivity index (χ0n) is 14.4. The second kappa shape index (κ2) is 8.38. The van der Waals surface area contributed by atoms with E-state index in [1.807, 2.05) is 42.5 Å². The highest BCUT2D eigenvalue weighted by Gasteiger charge is 2.16. The van der Waals surface area contributed by atoms with Crippen LogP contribution in [0, 0.1) is 0 Å². The number of ether oxygens (including phenoxy) is 1. The second-order valence-electron chi connectivity index (χ2n) is 6.34. The van der Waals surface area contributed by atoms with Crippen LogP contribution in [0.1, 0.15) is 24.0 Å². The number of fused-ring (bicyclic) bond motifs is 1. The Morgan fingerprint density at radius 1 is 1.15 bits per heavy atom. The standard InChI is InChI=1S/C20H22N2O4/c23-19(24)9-7-16(12-14-4-2-1-3-5-14)21-20(25)22-17-6-8-18-15(13-17)10-11-26-18/h1-6,8,13,16H,7,9-12H2,(H,23,24)(H2,21,22,25). The summed E-state index contributed by atoms with van der Waals surface area (Å²) in [6.45, 7) is 0.666. The predicted octanol–water partition coefficient (Wildman–Crippen LogP) is 3.22. The van der Waals surface area contributed by atoms with Gasteiger partial charge in [-0.3, -0.25) is 4.79 Å². The molecule has 0 fully saturated rings. The van der Waals surface area contributed by atoms with Gasteiger partial charge in [-0.05, 0) is 42.2 Å². The van der Waals surface area contributed by atoms with Crippen LogP contribution in [0.2, 0.25) is 0 Å². The van der Waals surface area contributed by atoms with Crippen LogP contribution in [0.5, 0.6) is 5.75 Å². The van der Waals surface area contributed by atoms with Crippen LogP contribution >= 0.6 is 0 Å². The van der Waals surface area contributed by atoms with Gasteiger partial charge in [-0.1, -0.05) is 30.3 Å². The van der Waals surface area contributed by atoms with Crippen molar-refractivity contribution >= 4 is 17.7 Å². The molecule has 136 valence electrons. The van der Waals surface area contributed by atoms with E-state index in [1.165, 1.54) is 0 Å². The fourth-order valence-corrected chi connectivity index (χ4v) is 3.04. The van der Waals surface area contributed by atoms with Gasteiger partial charge in [-0.2, -0.15) is 0 Å². The Labute approximate surface area is 152 Å². The second-order valence-corrected chi connectivity index (χ2v) is 6.34. The van der Waals surface area contributed by atoms with Gasteiger partial charge in [0.1, 0.15) is 5.75 Å². The number of aliphatic carboxylic acids is 1. The fraction of sp³-hybridized carbons (Fsp3) is 0.300. The summed E-state index contributed by atoms with van der Waals surface area (Å²) in [5.41, 5.74) is 2.83. The average Bonchev–Trinajstić information content (AvgIpc) is 3.08. The SMILES string of the molecule is O=C(O)CCC(Cc1ccccc1)NC(=O)Nc1ccc2c(c1)CCO2. The number of carboxylic acid groups (broad SMARTS) is 1. The van der Waals surface area contributed by atoms with E-state index >= 15 is 0 Å². The molecule has 0 aliphatic carbocycles. The minimum Gasteiger partial charge on any atom is -0.493 e. The van der Waals surface area contributed by atoms with Gasteiger partial charge in [0.05, 0.1) is 6.61 Å². The number of carbonyl (C=O) groups excluding carboxylic acids is 1. The molecule has 2 amide bonds. The number of nitrogens with one attached hydrogen (secondary N) is 2. The number of carboxylic acids is 1. The summed E-state index contributed by atoms with van der Waals surface area (Å²) in [5.74, 6) is -0.0109. The number of benzene rings is 2. The lowest BCUT2D eigenvalue weighted by molar-refractivity contribution is -0.137. The summed E-state index contributed by atoms with van der Waals surface area (Å²) in [4.78, 5) is 23.3. The average molecular weight is 354 g/mol. The number of rotatable bonds is 7. The largest absolute Gasteiger partial charge is 0.493 e. The molecule has 26 heavy (non-hydrogen) atoms. The van der Waals surface area contributed by atoms with Crippen LogP contribution in [0.4, 0.5) is 10.5 Å². The Kier molecular flexibility index (Phi) is 5.73. The Morgan fingerprint density at radius 3 is 2.73 bits per heavy atom. The quantitative estimate of drug-likeness (QED) is 0.712. The summed E-state index contributed by atoms with van der Waals surface area (Å²) in [5, 5.41) is 14.7. The summed E-state index contributed by atoms with van der Waals surface area (Å²) < 4.78 is 5.46. The summed E-state index contributed by atoms with van der Waals surface area (Å²) in [6, 6.07) is 14.7. The lowest BCUT2D eigenvalue weighted by atomic mass is 10.0. The van der Waals surface area contributed by atoms with E-state index < -0.39 is 5.97 Å². The molecule has 1 atom stereocenters. The van der Waals surface area contributed by atoms with Crippen LogP contribution in [0.25, 0.3) is 0 Å². The summed E-state index contributed by atoms with van der Waals surface area (Å²) in [7, 11) is 0. The van der Waals surface area contributed by atoms with E-state index in [1.54, 1.807) is 6.07 Å². The highest BCUT2D eigenvalue weighted by atomic mass is 16.5. The Balaban J connectivity index is 1.61. The van der Waals surface area contributed by atoms with Crippen LogP contribution in [-0.4, -0.2) is 29.8 Å². The first-order chi connectivity index (χ1) is 12.6. The van der Waals surface area contributed by atoms with Crippen LogP contribution in [0.3, 0.4) is 0 Å². The highest BCUT2D eigenvalue weighted by Crippen LogP contribution is 2.27. The number of hydrogen-bond donors (Lipinski definition) is 3.